The van der Waals surface area contributed by atoms with E-state index in [4.69, 9.17) is 14.6 Å². The van der Waals surface area contributed by atoms with Crippen molar-refractivity contribution < 1.29 is 14.6 Å². The van der Waals surface area contributed by atoms with E-state index >= 15 is 0 Å². The monoisotopic (exact) mass is 288 g/mol. The van der Waals surface area contributed by atoms with Gasteiger partial charge in [-0.25, -0.2) is 0 Å². The molecular formula is C16H16O3S. The number of aliphatic hydroxyl groups excluding tert-OH is 1. The van der Waals surface area contributed by atoms with Crippen LogP contribution in [0.3, 0.4) is 0 Å². The van der Waals surface area contributed by atoms with Gasteiger partial charge in [0.2, 0.25) is 0 Å². The molecule has 0 atom stereocenters. The summed E-state index contributed by atoms with van der Waals surface area (Å²) in [6.45, 7) is 2.31. The summed E-state index contributed by atoms with van der Waals surface area (Å²) >= 11 is 1.59. The highest BCUT2D eigenvalue weighted by Crippen LogP contribution is 2.29. The molecule has 20 heavy (non-hydrogen) atoms. The lowest BCUT2D eigenvalue weighted by Gasteiger charge is -2.10. The fraction of sp³-hybridized carbons (Fsp3) is 0.250. The number of aliphatic hydroxyl groups is 1. The van der Waals surface area contributed by atoms with Crippen LogP contribution < -0.4 is 9.47 Å². The molecule has 1 aromatic heterocycles. The van der Waals surface area contributed by atoms with Crippen LogP contribution in [-0.2, 0) is 6.61 Å². The van der Waals surface area contributed by atoms with Gasteiger partial charge in [0.1, 0.15) is 13.2 Å². The van der Waals surface area contributed by atoms with Crippen molar-refractivity contribution in [2.24, 2.45) is 0 Å². The third-order valence-electron chi connectivity index (χ3n) is 2.73. The van der Waals surface area contributed by atoms with E-state index in [0.717, 1.165) is 21.8 Å². The molecule has 4 heteroatoms. The summed E-state index contributed by atoms with van der Waals surface area (Å²) < 4.78 is 11.1. The van der Waals surface area contributed by atoms with Gasteiger partial charge >= 0.3 is 0 Å². The summed E-state index contributed by atoms with van der Waals surface area (Å²) in [5.74, 6) is 7.01. The molecule has 1 aromatic carbocycles. The molecule has 0 spiro atoms. The van der Waals surface area contributed by atoms with Gasteiger partial charge < -0.3 is 14.6 Å². The molecule has 0 aliphatic rings. The molecule has 1 N–H and O–H groups in total. The predicted octanol–water partition coefficient (Wildman–Crippen LogP) is 2.99. The quantitative estimate of drug-likeness (QED) is 0.879. The number of thiophene rings is 1. The van der Waals surface area contributed by atoms with E-state index in [0.29, 0.717) is 12.4 Å². The second kappa shape index (κ2) is 6.99. The molecule has 0 saturated heterocycles. The molecule has 0 amide bonds. The number of hydrogen-bond donors (Lipinski definition) is 1. The predicted molar refractivity (Wildman–Crippen MR) is 80.3 cm³/mol. The van der Waals surface area contributed by atoms with Crippen molar-refractivity contribution in [1.29, 1.82) is 0 Å². The normalized spacial score (nSPS) is 9.75. The molecule has 0 bridgehead atoms. The molecule has 0 aliphatic carbocycles. The lowest BCUT2D eigenvalue weighted by atomic mass is 10.2. The Hall–Kier alpha value is -1.96. The van der Waals surface area contributed by atoms with E-state index in [-0.39, 0.29) is 6.61 Å². The Morgan fingerprint density at radius 2 is 2.10 bits per heavy atom. The first-order valence-corrected chi connectivity index (χ1v) is 7.06. The lowest BCUT2D eigenvalue weighted by molar-refractivity contribution is 0.287. The van der Waals surface area contributed by atoms with Gasteiger partial charge in [-0.1, -0.05) is 17.9 Å². The van der Waals surface area contributed by atoms with Gasteiger partial charge in [0, 0.05) is 5.56 Å². The third-order valence-corrected chi connectivity index (χ3v) is 3.62. The smallest absolute Gasteiger partial charge is 0.161 e. The first-order valence-electron chi connectivity index (χ1n) is 6.18. The molecule has 2 rings (SSSR count). The van der Waals surface area contributed by atoms with Crippen LogP contribution in [0.4, 0.5) is 0 Å². The highest BCUT2D eigenvalue weighted by Gasteiger charge is 2.07. The van der Waals surface area contributed by atoms with E-state index in [1.165, 1.54) is 0 Å². The molecule has 0 saturated carbocycles. The standard InChI is InChI=1S/C16H16O3S/c1-12-5-6-14(15(10-12)18-2)19-11-16-13(4-3-8-17)7-9-20-16/h5-7,9-10,17H,8,11H2,1-2H3. The van der Waals surface area contributed by atoms with Gasteiger partial charge in [-0.2, -0.15) is 0 Å². The van der Waals surface area contributed by atoms with Crippen molar-refractivity contribution >= 4 is 11.3 Å². The number of rotatable bonds is 4. The Morgan fingerprint density at radius 3 is 2.85 bits per heavy atom. The van der Waals surface area contributed by atoms with Gasteiger partial charge in [0.25, 0.3) is 0 Å². The number of methoxy groups -OCH3 is 1. The fourth-order valence-electron chi connectivity index (χ4n) is 1.74. The minimum absolute atomic E-state index is 0.137. The maximum atomic E-state index is 8.74. The van der Waals surface area contributed by atoms with Gasteiger partial charge in [-0.15, -0.1) is 11.3 Å². The number of hydrogen-bond acceptors (Lipinski definition) is 4. The van der Waals surface area contributed by atoms with Crippen LogP contribution in [0, 0.1) is 18.8 Å². The fourth-order valence-corrected chi connectivity index (χ4v) is 2.48. The number of benzene rings is 1. The molecule has 1 heterocycles. The van der Waals surface area contributed by atoms with Gasteiger partial charge in [0.05, 0.1) is 12.0 Å². The lowest BCUT2D eigenvalue weighted by Crippen LogP contribution is -1.97. The van der Waals surface area contributed by atoms with Crippen LogP contribution >= 0.6 is 11.3 Å². The van der Waals surface area contributed by atoms with Crippen molar-refractivity contribution in [1.82, 2.24) is 0 Å². The van der Waals surface area contributed by atoms with E-state index < -0.39 is 0 Å². The van der Waals surface area contributed by atoms with Gasteiger partial charge in [0.15, 0.2) is 11.5 Å². The Labute approximate surface area is 122 Å². The maximum absolute atomic E-state index is 8.74. The Kier molecular flexibility index (Phi) is 5.05. The highest BCUT2D eigenvalue weighted by atomic mass is 32.1. The van der Waals surface area contributed by atoms with Crippen molar-refractivity contribution in [3.8, 4) is 23.3 Å². The van der Waals surface area contributed by atoms with E-state index in [1.54, 1.807) is 18.4 Å². The molecule has 3 nitrogen and oxygen atoms in total. The minimum atomic E-state index is -0.137. The van der Waals surface area contributed by atoms with Crippen molar-refractivity contribution in [3.05, 3.63) is 45.6 Å². The molecule has 0 unspecified atom stereocenters. The first-order chi connectivity index (χ1) is 9.74. The molecule has 0 radical (unpaired) electrons. The van der Waals surface area contributed by atoms with Gasteiger partial charge in [-0.3, -0.25) is 0 Å². The number of aryl methyl sites for hydroxylation is 1. The largest absolute Gasteiger partial charge is 0.493 e. The van der Waals surface area contributed by atoms with Crippen LogP contribution in [0.2, 0.25) is 0 Å². The van der Waals surface area contributed by atoms with Crippen LogP contribution in [0.5, 0.6) is 11.5 Å². The topological polar surface area (TPSA) is 38.7 Å². The summed E-state index contributed by atoms with van der Waals surface area (Å²) in [7, 11) is 1.63. The molecule has 2 aromatic rings. The summed E-state index contributed by atoms with van der Waals surface area (Å²) in [5, 5.41) is 10.7. The molecule has 104 valence electrons. The van der Waals surface area contributed by atoms with Crippen molar-refractivity contribution in [3.63, 3.8) is 0 Å². The van der Waals surface area contributed by atoms with E-state index in [9.17, 15) is 0 Å². The van der Waals surface area contributed by atoms with Crippen LogP contribution in [0.1, 0.15) is 16.0 Å². The zero-order valence-corrected chi connectivity index (χ0v) is 12.3. The average Bonchev–Trinajstić information content (AvgIpc) is 2.91. The third kappa shape index (κ3) is 3.53. The highest BCUT2D eigenvalue weighted by molar-refractivity contribution is 7.10. The first kappa shape index (κ1) is 14.4. The second-order valence-corrected chi connectivity index (χ2v) is 5.16. The van der Waals surface area contributed by atoms with E-state index in [1.807, 2.05) is 36.6 Å². The van der Waals surface area contributed by atoms with E-state index in [2.05, 4.69) is 11.8 Å². The van der Waals surface area contributed by atoms with Crippen LogP contribution in [0.15, 0.2) is 29.6 Å². The molecular weight excluding hydrogens is 272 g/mol. The van der Waals surface area contributed by atoms with Crippen molar-refractivity contribution in [2.75, 3.05) is 13.7 Å². The van der Waals surface area contributed by atoms with Crippen LogP contribution in [-0.4, -0.2) is 18.8 Å². The zero-order valence-electron chi connectivity index (χ0n) is 11.5. The second-order valence-electron chi connectivity index (χ2n) is 4.16. The molecule has 0 aliphatic heterocycles. The summed E-state index contributed by atoms with van der Waals surface area (Å²) in [4.78, 5) is 1.04. The Morgan fingerprint density at radius 1 is 1.25 bits per heavy atom. The van der Waals surface area contributed by atoms with Gasteiger partial charge in [-0.05, 0) is 36.1 Å². The average molecular weight is 288 g/mol. The summed E-state index contributed by atoms with van der Waals surface area (Å²) in [5.41, 5.74) is 2.02. The maximum Gasteiger partial charge on any atom is 0.161 e. The Bertz CT molecular complexity index is 635. The SMILES string of the molecule is COc1cc(C)ccc1OCc1sccc1C#CCO. The zero-order chi connectivity index (χ0) is 14.4. The summed E-state index contributed by atoms with van der Waals surface area (Å²) in [6, 6.07) is 7.76. The van der Waals surface area contributed by atoms with Crippen LogP contribution in [0.25, 0.3) is 0 Å². The number of ether oxygens (including phenoxy) is 2. The molecule has 0 fully saturated rings. The Balaban J connectivity index is 2.11. The van der Waals surface area contributed by atoms with Crippen molar-refractivity contribution in [2.45, 2.75) is 13.5 Å². The minimum Gasteiger partial charge on any atom is -0.493 e. The summed E-state index contributed by atoms with van der Waals surface area (Å²) in [6.07, 6.45) is 0.